The van der Waals surface area contributed by atoms with Crippen LogP contribution in [0.5, 0.6) is 0 Å². The fourth-order valence-corrected chi connectivity index (χ4v) is 3.83. The number of hydrogen-bond acceptors (Lipinski definition) is 3. The Balaban J connectivity index is 1.55. The van der Waals surface area contributed by atoms with Crippen LogP contribution in [-0.2, 0) is 40.3 Å². The van der Waals surface area contributed by atoms with E-state index >= 15 is 0 Å². The van der Waals surface area contributed by atoms with E-state index in [0.717, 1.165) is 29.7 Å². The van der Waals surface area contributed by atoms with Crippen LogP contribution in [0.3, 0.4) is 0 Å². The summed E-state index contributed by atoms with van der Waals surface area (Å²) in [7, 11) is 0. The molecule has 0 N–H and O–H groups in total. The number of carbonyl (C=O) groups excluding carboxylic acids is 1. The molecule has 0 aliphatic rings. The molecular formula is C34H40O3. The molecule has 0 amide bonds. The van der Waals surface area contributed by atoms with Crippen LogP contribution < -0.4 is 0 Å². The van der Waals surface area contributed by atoms with Crippen LogP contribution in [-0.4, -0.2) is 5.97 Å². The summed E-state index contributed by atoms with van der Waals surface area (Å²) in [6.45, 7) is 14.9. The van der Waals surface area contributed by atoms with Crippen molar-refractivity contribution >= 4 is 5.97 Å². The Morgan fingerprint density at radius 3 is 1.59 bits per heavy atom. The Labute approximate surface area is 222 Å². The normalized spacial score (nSPS) is 10.6. The first kappa shape index (κ1) is 28.0. The Morgan fingerprint density at radius 1 is 0.595 bits per heavy atom. The molecule has 0 bridgehead atoms. The smallest absolute Gasteiger partial charge is 0.333 e. The van der Waals surface area contributed by atoms with Crippen LogP contribution in [0, 0.1) is 6.92 Å². The zero-order chi connectivity index (χ0) is 26.9. The van der Waals surface area contributed by atoms with Crippen molar-refractivity contribution in [2.75, 3.05) is 0 Å². The van der Waals surface area contributed by atoms with Crippen molar-refractivity contribution in [3.63, 3.8) is 0 Å². The molecule has 3 heteroatoms. The lowest BCUT2D eigenvalue weighted by molar-refractivity contribution is -0.140. The SMILES string of the molecule is CC(C)=C(C)OCc1ccc(Cc2ccc(Cc3ccc(COC(=O)C(C)=C(C)C)cc3)cc2C)cc1. The molecule has 0 atom stereocenters. The third kappa shape index (κ3) is 8.49. The van der Waals surface area contributed by atoms with E-state index in [9.17, 15) is 4.79 Å². The van der Waals surface area contributed by atoms with E-state index in [4.69, 9.17) is 9.47 Å². The second kappa shape index (κ2) is 13.1. The van der Waals surface area contributed by atoms with Crippen LogP contribution in [0.2, 0.25) is 0 Å². The van der Waals surface area contributed by atoms with Gasteiger partial charge in [-0.15, -0.1) is 0 Å². The molecule has 194 valence electrons. The average molecular weight is 497 g/mol. The summed E-state index contributed by atoms with van der Waals surface area (Å²) in [5, 5.41) is 0. The van der Waals surface area contributed by atoms with Crippen molar-refractivity contribution in [1.29, 1.82) is 0 Å². The lowest BCUT2D eigenvalue weighted by Gasteiger charge is -2.11. The minimum atomic E-state index is -0.251. The first-order valence-corrected chi connectivity index (χ1v) is 12.9. The second-order valence-corrected chi connectivity index (χ2v) is 10.3. The largest absolute Gasteiger partial charge is 0.494 e. The highest BCUT2D eigenvalue weighted by Gasteiger charge is 2.08. The summed E-state index contributed by atoms with van der Waals surface area (Å²) in [6.07, 6.45) is 1.79. The maximum absolute atomic E-state index is 12.0. The lowest BCUT2D eigenvalue weighted by Crippen LogP contribution is -2.07. The summed E-state index contributed by atoms with van der Waals surface area (Å²) in [5.74, 6) is 0.741. The molecule has 0 aliphatic heterocycles. The second-order valence-electron chi connectivity index (χ2n) is 10.3. The zero-order valence-corrected chi connectivity index (χ0v) is 23.4. The van der Waals surface area contributed by atoms with Crippen LogP contribution in [0.4, 0.5) is 0 Å². The third-order valence-electron chi connectivity index (χ3n) is 6.84. The van der Waals surface area contributed by atoms with E-state index in [1.807, 2.05) is 32.9 Å². The highest BCUT2D eigenvalue weighted by molar-refractivity contribution is 5.88. The Morgan fingerprint density at radius 2 is 1.08 bits per heavy atom. The van der Waals surface area contributed by atoms with Gasteiger partial charge in [-0.1, -0.05) is 72.3 Å². The molecule has 0 saturated carbocycles. The number of esters is 1. The number of rotatable bonds is 10. The van der Waals surface area contributed by atoms with E-state index in [1.54, 1.807) is 6.92 Å². The number of ether oxygens (including phenoxy) is 2. The molecule has 0 unspecified atom stereocenters. The molecule has 0 fully saturated rings. The van der Waals surface area contributed by atoms with Gasteiger partial charge < -0.3 is 9.47 Å². The highest BCUT2D eigenvalue weighted by Crippen LogP contribution is 2.20. The van der Waals surface area contributed by atoms with Gasteiger partial charge in [0.05, 0.1) is 5.76 Å². The summed E-state index contributed by atoms with van der Waals surface area (Å²) >= 11 is 0. The predicted molar refractivity (Wildman–Crippen MR) is 152 cm³/mol. The molecule has 0 radical (unpaired) electrons. The van der Waals surface area contributed by atoms with E-state index in [1.165, 1.54) is 39.0 Å². The lowest BCUT2D eigenvalue weighted by atomic mass is 9.95. The van der Waals surface area contributed by atoms with Gasteiger partial charge >= 0.3 is 5.97 Å². The summed E-state index contributed by atoms with van der Waals surface area (Å²) in [6, 6.07) is 23.8. The van der Waals surface area contributed by atoms with Crippen molar-refractivity contribution in [1.82, 2.24) is 0 Å². The van der Waals surface area contributed by atoms with E-state index in [-0.39, 0.29) is 5.97 Å². The van der Waals surface area contributed by atoms with Crippen LogP contribution in [0.15, 0.2) is 89.2 Å². The fourth-order valence-electron chi connectivity index (χ4n) is 3.83. The third-order valence-corrected chi connectivity index (χ3v) is 6.84. The van der Waals surface area contributed by atoms with Crippen molar-refractivity contribution in [2.24, 2.45) is 0 Å². The number of carbonyl (C=O) groups is 1. The Bertz CT molecular complexity index is 1270. The molecule has 0 heterocycles. The van der Waals surface area contributed by atoms with Crippen LogP contribution in [0.25, 0.3) is 0 Å². The maximum atomic E-state index is 12.0. The minimum Gasteiger partial charge on any atom is -0.494 e. The molecule has 3 aromatic rings. The fraction of sp³-hybridized carbons (Fsp3) is 0.324. The number of hydrogen-bond donors (Lipinski definition) is 0. The summed E-state index contributed by atoms with van der Waals surface area (Å²) in [4.78, 5) is 12.0. The van der Waals surface area contributed by atoms with Gasteiger partial charge in [0.15, 0.2) is 0 Å². The van der Waals surface area contributed by atoms with Gasteiger partial charge in [0, 0.05) is 5.57 Å². The topological polar surface area (TPSA) is 35.5 Å². The predicted octanol–water partition coefficient (Wildman–Crippen LogP) is 8.41. The van der Waals surface area contributed by atoms with Gasteiger partial charge in [0.25, 0.3) is 0 Å². The average Bonchev–Trinajstić information content (AvgIpc) is 2.88. The number of benzene rings is 3. The van der Waals surface area contributed by atoms with Gasteiger partial charge in [0.1, 0.15) is 13.2 Å². The van der Waals surface area contributed by atoms with Crippen molar-refractivity contribution in [3.8, 4) is 0 Å². The molecule has 0 spiro atoms. The van der Waals surface area contributed by atoms with Crippen molar-refractivity contribution < 1.29 is 14.3 Å². The Kier molecular flexibility index (Phi) is 9.91. The molecule has 3 nitrogen and oxygen atoms in total. The monoisotopic (exact) mass is 496 g/mol. The standard InChI is InChI=1S/C34H40O3/c1-23(2)26(6)34(35)37-22-31-12-8-28(9-13-31)19-32-16-17-33(25(5)18-32)20-29-10-14-30(15-11-29)21-36-27(7)24(3)4/h8-18H,19-22H2,1-7H3. The van der Waals surface area contributed by atoms with E-state index in [0.29, 0.717) is 18.8 Å². The number of allylic oxidation sites excluding steroid dienone is 3. The van der Waals surface area contributed by atoms with Crippen molar-refractivity contribution in [2.45, 2.75) is 74.5 Å². The van der Waals surface area contributed by atoms with Crippen LogP contribution >= 0.6 is 0 Å². The van der Waals surface area contributed by atoms with Gasteiger partial charge in [-0.3, -0.25) is 0 Å². The van der Waals surface area contributed by atoms with Gasteiger partial charge in [-0.25, -0.2) is 4.79 Å². The zero-order valence-electron chi connectivity index (χ0n) is 23.4. The molecule has 0 aliphatic carbocycles. The molecule has 37 heavy (non-hydrogen) atoms. The maximum Gasteiger partial charge on any atom is 0.333 e. The Hall–Kier alpha value is -3.59. The van der Waals surface area contributed by atoms with Crippen LogP contribution in [0.1, 0.15) is 80.5 Å². The van der Waals surface area contributed by atoms with E-state index in [2.05, 4.69) is 75.4 Å². The van der Waals surface area contributed by atoms with Gasteiger partial charge in [-0.05, 0) is 106 Å². The highest BCUT2D eigenvalue weighted by atomic mass is 16.5. The molecule has 3 rings (SSSR count). The molecule has 3 aromatic carbocycles. The first-order chi connectivity index (χ1) is 17.6. The molecule has 0 aromatic heterocycles. The summed E-state index contributed by atoms with van der Waals surface area (Å²) in [5.41, 5.74) is 11.5. The van der Waals surface area contributed by atoms with Gasteiger partial charge in [-0.2, -0.15) is 0 Å². The van der Waals surface area contributed by atoms with Gasteiger partial charge in [0.2, 0.25) is 0 Å². The summed E-state index contributed by atoms with van der Waals surface area (Å²) < 4.78 is 11.2. The molecule has 0 saturated heterocycles. The quantitative estimate of drug-likeness (QED) is 0.161. The first-order valence-electron chi connectivity index (χ1n) is 12.9. The molecular weight excluding hydrogens is 456 g/mol. The van der Waals surface area contributed by atoms with Crippen molar-refractivity contribution in [3.05, 3.63) is 128 Å². The number of aryl methyl sites for hydroxylation is 1. The van der Waals surface area contributed by atoms with E-state index < -0.39 is 0 Å². The minimum absolute atomic E-state index is 0.251.